The highest BCUT2D eigenvalue weighted by Crippen LogP contribution is 2.19. The molecule has 0 bridgehead atoms. The number of aliphatic hydroxyl groups is 1. The van der Waals surface area contributed by atoms with Gasteiger partial charge in [-0.1, -0.05) is 0 Å². The summed E-state index contributed by atoms with van der Waals surface area (Å²) in [6.07, 6.45) is 1.27. The van der Waals surface area contributed by atoms with Gasteiger partial charge in [0.2, 0.25) is 0 Å². The molecule has 0 spiro atoms. The van der Waals surface area contributed by atoms with Crippen LogP contribution in [0.15, 0.2) is 0 Å². The monoisotopic (exact) mass is 231 g/mol. The van der Waals surface area contributed by atoms with Crippen LogP contribution < -0.4 is 5.32 Å². The molecule has 1 rings (SSSR count). The second-order valence-electron chi connectivity index (χ2n) is 4.52. The third-order valence-electron chi connectivity index (χ3n) is 3.03. The highest BCUT2D eigenvalue weighted by atomic mass is 16.5. The van der Waals surface area contributed by atoms with Gasteiger partial charge in [0.25, 0.3) is 0 Å². The minimum Gasteiger partial charge on any atom is -0.467 e. The Morgan fingerprint density at radius 2 is 2.38 bits per heavy atom. The van der Waals surface area contributed by atoms with Crippen molar-refractivity contribution in [2.75, 3.05) is 26.8 Å². The van der Waals surface area contributed by atoms with Crippen LogP contribution in [0.4, 0.5) is 0 Å². The van der Waals surface area contributed by atoms with E-state index in [4.69, 9.17) is 4.74 Å². The molecule has 94 valence electrons. The lowest BCUT2D eigenvalue weighted by Crippen LogP contribution is -2.47. The number of hydrogen-bond donors (Lipinski definition) is 2. The number of carbonyl (C=O) groups is 1. The summed E-state index contributed by atoms with van der Waals surface area (Å²) in [6.45, 7) is 5.22. The fourth-order valence-electron chi connectivity index (χ4n) is 1.84. The van der Waals surface area contributed by atoms with Gasteiger partial charge in [-0.3, -0.25) is 0 Å². The third-order valence-corrected chi connectivity index (χ3v) is 3.03. The van der Waals surface area contributed by atoms with Crippen molar-refractivity contribution in [3.05, 3.63) is 0 Å². The normalized spacial score (nSPS) is 28.8. The van der Waals surface area contributed by atoms with E-state index >= 15 is 0 Å². The van der Waals surface area contributed by atoms with E-state index < -0.39 is 11.6 Å². The Morgan fingerprint density at radius 3 is 2.88 bits per heavy atom. The molecule has 0 radical (unpaired) electrons. The van der Waals surface area contributed by atoms with Crippen molar-refractivity contribution in [2.24, 2.45) is 5.92 Å². The van der Waals surface area contributed by atoms with E-state index in [-0.39, 0.29) is 12.6 Å². The van der Waals surface area contributed by atoms with Crippen molar-refractivity contribution in [1.82, 2.24) is 5.32 Å². The molecular formula is C11H21NO4. The van der Waals surface area contributed by atoms with Gasteiger partial charge in [-0.25, -0.2) is 4.79 Å². The summed E-state index contributed by atoms with van der Waals surface area (Å²) in [5.41, 5.74) is -1.46. The first kappa shape index (κ1) is 13.4. The second kappa shape index (κ2) is 5.61. The maximum Gasteiger partial charge on any atom is 0.338 e. The van der Waals surface area contributed by atoms with Crippen LogP contribution in [0.3, 0.4) is 0 Å². The molecule has 1 aliphatic heterocycles. The van der Waals surface area contributed by atoms with Crippen molar-refractivity contribution < 1.29 is 19.4 Å². The van der Waals surface area contributed by atoms with E-state index in [1.54, 1.807) is 0 Å². The first-order valence-corrected chi connectivity index (χ1v) is 5.60. The van der Waals surface area contributed by atoms with Crippen LogP contribution >= 0.6 is 0 Å². The van der Waals surface area contributed by atoms with Gasteiger partial charge < -0.3 is 19.9 Å². The second-order valence-corrected chi connectivity index (χ2v) is 4.52. The number of nitrogens with one attached hydrogen (secondary N) is 1. The van der Waals surface area contributed by atoms with Crippen molar-refractivity contribution >= 4 is 5.97 Å². The summed E-state index contributed by atoms with van der Waals surface area (Å²) < 4.78 is 9.93. The summed E-state index contributed by atoms with van der Waals surface area (Å²) in [7, 11) is 1.27. The molecule has 5 nitrogen and oxygen atoms in total. The Kier molecular flexibility index (Phi) is 4.70. The van der Waals surface area contributed by atoms with Crippen LogP contribution in [0.1, 0.15) is 20.3 Å². The minimum absolute atomic E-state index is 0.197. The molecule has 0 aromatic rings. The summed E-state index contributed by atoms with van der Waals surface area (Å²) in [6, 6.07) is 0. The highest BCUT2D eigenvalue weighted by Gasteiger charge is 2.32. The van der Waals surface area contributed by atoms with Gasteiger partial charge in [0, 0.05) is 19.7 Å². The summed E-state index contributed by atoms with van der Waals surface area (Å²) in [4.78, 5) is 11.2. The smallest absolute Gasteiger partial charge is 0.338 e. The van der Waals surface area contributed by atoms with Crippen molar-refractivity contribution in [1.29, 1.82) is 0 Å². The number of methoxy groups -OCH3 is 1. The molecule has 16 heavy (non-hydrogen) atoms. The fourth-order valence-corrected chi connectivity index (χ4v) is 1.84. The number of rotatable bonds is 5. The molecule has 1 aliphatic rings. The van der Waals surface area contributed by atoms with Crippen LogP contribution in [-0.4, -0.2) is 49.6 Å². The van der Waals surface area contributed by atoms with Gasteiger partial charge in [-0.05, 0) is 26.2 Å². The Labute approximate surface area is 96.1 Å². The Bertz CT molecular complexity index is 242. The number of esters is 1. The SMILES string of the molecule is COC(=O)C(C)(O)CNCC1CCOC1C. The number of hydrogen-bond acceptors (Lipinski definition) is 5. The molecule has 0 amide bonds. The Hall–Kier alpha value is -0.650. The van der Waals surface area contributed by atoms with Crippen molar-refractivity contribution in [2.45, 2.75) is 32.0 Å². The molecule has 2 N–H and O–H groups in total. The van der Waals surface area contributed by atoms with Gasteiger partial charge in [0.15, 0.2) is 5.60 Å². The van der Waals surface area contributed by atoms with Gasteiger partial charge in [-0.15, -0.1) is 0 Å². The lowest BCUT2D eigenvalue weighted by Gasteiger charge is -2.22. The first-order valence-electron chi connectivity index (χ1n) is 5.60. The van der Waals surface area contributed by atoms with E-state index in [0.29, 0.717) is 5.92 Å². The van der Waals surface area contributed by atoms with E-state index in [1.165, 1.54) is 14.0 Å². The third kappa shape index (κ3) is 3.43. The fraction of sp³-hybridized carbons (Fsp3) is 0.909. The van der Waals surface area contributed by atoms with Crippen molar-refractivity contribution in [3.63, 3.8) is 0 Å². The standard InChI is InChI=1S/C11H21NO4/c1-8-9(4-5-16-8)6-12-7-11(2,14)10(13)15-3/h8-9,12,14H,4-7H2,1-3H3. The predicted octanol–water partition coefficient (Wildman–Crippen LogP) is -0.0750. The molecule has 0 saturated carbocycles. The number of carbonyl (C=O) groups excluding carboxylic acids is 1. The minimum atomic E-state index is -1.46. The molecular weight excluding hydrogens is 210 g/mol. The maximum atomic E-state index is 11.2. The summed E-state index contributed by atoms with van der Waals surface area (Å²) >= 11 is 0. The quantitative estimate of drug-likeness (QED) is 0.648. The van der Waals surface area contributed by atoms with Crippen LogP contribution in [0, 0.1) is 5.92 Å². The van der Waals surface area contributed by atoms with Gasteiger partial charge >= 0.3 is 5.97 Å². The molecule has 0 aromatic heterocycles. The zero-order valence-corrected chi connectivity index (χ0v) is 10.2. The topological polar surface area (TPSA) is 67.8 Å². The molecule has 0 aliphatic carbocycles. The first-order chi connectivity index (χ1) is 7.47. The van der Waals surface area contributed by atoms with E-state index in [1.807, 2.05) is 6.92 Å². The average molecular weight is 231 g/mol. The van der Waals surface area contributed by atoms with E-state index in [0.717, 1.165) is 19.6 Å². The molecule has 3 unspecified atom stereocenters. The lowest BCUT2D eigenvalue weighted by atomic mass is 10.0. The maximum absolute atomic E-state index is 11.2. The Balaban J connectivity index is 2.26. The van der Waals surface area contributed by atoms with Gasteiger partial charge in [-0.2, -0.15) is 0 Å². The largest absolute Gasteiger partial charge is 0.467 e. The molecule has 3 atom stereocenters. The van der Waals surface area contributed by atoms with Gasteiger partial charge in [0.1, 0.15) is 0 Å². The zero-order chi connectivity index (χ0) is 12.2. The van der Waals surface area contributed by atoms with Crippen LogP contribution in [0.25, 0.3) is 0 Å². The molecule has 1 saturated heterocycles. The summed E-state index contributed by atoms with van der Waals surface area (Å²) in [5, 5.41) is 12.8. The van der Waals surface area contributed by atoms with Crippen molar-refractivity contribution in [3.8, 4) is 0 Å². The zero-order valence-electron chi connectivity index (χ0n) is 10.2. The molecule has 1 heterocycles. The van der Waals surface area contributed by atoms with Crippen LogP contribution in [-0.2, 0) is 14.3 Å². The number of ether oxygens (including phenoxy) is 2. The molecule has 5 heteroatoms. The van der Waals surface area contributed by atoms with E-state index in [9.17, 15) is 9.90 Å². The Morgan fingerprint density at radius 1 is 1.69 bits per heavy atom. The molecule has 0 aromatic carbocycles. The highest BCUT2D eigenvalue weighted by molar-refractivity contribution is 5.78. The molecule has 1 fully saturated rings. The predicted molar refractivity (Wildman–Crippen MR) is 59.0 cm³/mol. The average Bonchev–Trinajstić information content (AvgIpc) is 2.63. The summed E-state index contributed by atoms with van der Waals surface area (Å²) in [5.74, 6) is -0.163. The van der Waals surface area contributed by atoms with Gasteiger partial charge in [0.05, 0.1) is 13.2 Å². The van der Waals surface area contributed by atoms with E-state index in [2.05, 4.69) is 10.1 Å². The van der Waals surface area contributed by atoms with Crippen LogP contribution in [0.2, 0.25) is 0 Å². The lowest BCUT2D eigenvalue weighted by molar-refractivity contribution is -0.159. The van der Waals surface area contributed by atoms with Crippen LogP contribution in [0.5, 0.6) is 0 Å².